The van der Waals surface area contributed by atoms with Gasteiger partial charge >= 0.3 is 0 Å². The van der Waals surface area contributed by atoms with Crippen molar-refractivity contribution < 1.29 is 18.0 Å². The first-order valence-corrected chi connectivity index (χ1v) is 14.5. The first kappa shape index (κ1) is 28.8. The molecule has 1 atom stereocenters. The largest absolute Gasteiger partial charge is 0.354 e. The predicted molar refractivity (Wildman–Crippen MR) is 145 cm³/mol. The summed E-state index contributed by atoms with van der Waals surface area (Å²) in [4.78, 5) is 27.9. The molecule has 9 heteroatoms. The molecule has 0 saturated carbocycles. The first-order valence-electron chi connectivity index (χ1n) is 11.8. The van der Waals surface area contributed by atoms with Gasteiger partial charge in [0.25, 0.3) is 0 Å². The molecule has 0 heterocycles. The number of amides is 2. The zero-order chi connectivity index (χ0) is 26.2. The van der Waals surface area contributed by atoms with Gasteiger partial charge in [-0.25, -0.2) is 8.42 Å². The summed E-state index contributed by atoms with van der Waals surface area (Å²) >= 11 is 3.41. The predicted octanol–water partition coefficient (Wildman–Crippen LogP) is 4.67. The van der Waals surface area contributed by atoms with Crippen molar-refractivity contribution in [1.82, 2.24) is 10.2 Å². The second kappa shape index (κ2) is 13.1. The number of sulfonamides is 1. The van der Waals surface area contributed by atoms with Crippen LogP contribution >= 0.6 is 15.9 Å². The zero-order valence-electron chi connectivity index (χ0n) is 21.1. The first-order chi connectivity index (χ1) is 16.5. The number of nitrogens with one attached hydrogen (secondary N) is 1. The van der Waals surface area contributed by atoms with E-state index in [-0.39, 0.29) is 18.4 Å². The third kappa shape index (κ3) is 8.35. The maximum atomic E-state index is 13.6. The van der Waals surface area contributed by atoms with Gasteiger partial charge < -0.3 is 10.2 Å². The molecule has 0 aromatic heterocycles. The molecule has 0 radical (unpaired) electrons. The lowest BCUT2D eigenvalue weighted by atomic mass is 10.0. The van der Waals surface area contributed by atoms with Crippen molar-refractivity contribution in [3.63, 3.8) is 0 Å². The summed E-state index contributed by atoms with van der Waals surface area (Å²) in [6, 6.07) is 13.9. The lowest BCUT2D eigenvalue weighted by Gasteiger charge is -2.32. The number of hydrogen-bond donors (Lipinski definition) is 1. The summed E-state index contributed by atoms with van der Waals surface area (Å²) < 4.78 is 27.7. The number of unbranched alkanes of at least 4 members (excludes halogenated alkanes) is 1. The Morgan fingerprint density at radius 1 is 1.03 bits per heavy atom. The van der Waals surface area contributed by atoms with Crippen LogP contribution in [0.4, 0.5) is 5.69 Å². The van der Waals surface area contributed by atoms with Crippen LogP contribution in [0.15, 0.2) is 53.0 Å². The molecule has 0 unspecified atom stereocenters. The quantitative estimate of drug-likeness (QED) is 0.379. The van der Waals surface area contributed by atoms with E-state index in [0.717, 1.165) is 39.0 Å². The second-order valence-corrected chi connectivity index (χ2v) is 11.8. The molecule has 2 rings (SSSR count). The molecule has 7 nitrogen and oxygen atoms in total. The third-order valence-electron chi connectivity index (χ3n) is 5.77. The molecule has 0 bridgehead atoms. The van der Waals surface area contributed by atoms with E-state index >= 15 is 0 Å². The lowest BCUT2D eigenvalue weighted by Crippen LogP contribution is -2.51. The Kier molecular flexibility index (Phi) is 10.8. The molecule has 0 fully saturated rings. The van der Waals surface area contributed by atoms with E-state index in [1.165, 1.54) is 4.90 Å². The van der Waals surface area contributed by atoms with E-state index < -0.39 is 28.5 Å². The van der Waals surface area contributed by atoms with Crippen molar-refractivity contribution in [2.45, 2.75) is 59.0 Å². The van der Waals surface area contributed by atoms with Gasteiger partial charge in [-0.1, -0.05) is 73.5 Å². The Labute approximate surface area is 218 Å². The minimum atomic E-state index is -3.77. The maximum Gasteiger partial charge on any atom is 0.244 e. The number of rotatable bonds is 12. The smallest absolute Gasteiger partial charge is 0.244 e. The Morgan fingerprint density at radius 3 is 2.23 bits per heavy atom. The van der Waals surface area contributed by atoms with Gasteiger partial charge in [0.05, 0.1) is 11.9 Å². The highest BCUT2D eigenvalue weighted by Gasteiger charge is 2.31. The zero-order valence-corrected chi connectivity index (χ0v) is 23.5. The molecule has 0 saturated heterocycles. The topological polar surface area (TPSA) is 86.8 Å². The minimum Gasteiger partial charge on any atom is -0.354 e. The van der Waals surface area contributed by atoms with E-state index in [1.54, 1.807) is 19.1 Å². The average Bonchev–Trinajstić information content (AvgIpc) is 2.80. The number of halogens is 1. The number of benzene rings is 2. The molecular weight excluding hydrogens is 530 g/mol. The Balaban J connectivity index is 2.40. The van der Waals surface area contributed by atoms with E-state index in [0.29, 0.717) is 12.2 Å². The molecular formula is C26H36BrN3O4S. The van der Waals surface area contributed by atoms with Crippen molar-refractivity contribution >= 4 is 43.5 Å². The lowest BCUT2D eigenvalue weighted by molar-refractivity contribution is -0.139. The summed E-state index contributed by atoms with van der Waals surface area (Å²) in [6.45, 7) is 7.97. The highest BCUT2D eigenvalue weighted by molar-refractivity contribution is 9.10. The van der Waals surface area contributed by atoms with E-state index in [9.17, 15) is 18.0 Å². The highest BCUT2D eigenvalue weighted by atomic mass is 79.9. The SMILES string of the molecule is CCCCNC(=O)[C@@H](C)N(Cc1ccc(Br)cc1)C(=O)CN(c1ccccc1C(C)C)S(C)(=O)=O. The van der Waals surface area contributed by atoms with Gasteiger partial charge in [0, 0.05) is 17.6 Å². The van der Waals surface area contributed by atoms with Crippen LogP contribution in [0.3, 0.4) is 0 Å². The van der Waals surface area contributed by atoms with Crippen molar-refractivity contribution in [2.75, 3.05) is 23.7 Å². The minimum absolute atomic E-state index is 0.0627. The number of para-hydroxylation sites is 1. The van der Waals surface area contributed by atoms with E-state index in [2.05, 4.69) is 21.2 Å². The Morgan fingerprint density at radius 2 is 1.66 bits per heavy atom. The van der Waals surface area contributed by atoms with Crippen LogP contribution in [0.1, 0.15) is 57.6 Å². The van der Waals surface area contributed by atoms with Crippen LogP contribution in [0.25, 0.3) is 0 Å². The molecule has 0 aliphatic rings. The normalized spacial score (nSPS) is 12.3. The molecule has 1 N–H and O–H groups in total. The molecule has 2 amide bonds. The second-order valence-electron chi connectivity index (χ2n) is 8.95. The van der Waals surface area contributed by atoms with Gasteiger partial charge in [0.1, 0.15) is 12.6 Å². The van der Waals surface area contributed by atoms with Gasteiger partial charge in [-0.3, -0.25) is 13.9 Å². The Hall–Kier alpha value is -2.39. The van der Waals surface area contributed by atoms with Gasteiger partial charge in [-0.15, -0.1) is 0 Å². The summed E-state index contributed by atoms with van der Waals surface area (Å²) in [5.74, 6) is -0.653. The van der Waals surface area contributed by atoms with Crippen LogP contribution in [-0.4, -0.2) is 50.5 Å². The number of carbonyl (C=O) groups excluding carboxylic acids is 2. The summed E-state index contributed by atoms with van der Waals surface area (Å²) in [7, 11) is -3.77. The van der Waals surface area contributed by atoms with Gasteiger partial charge in [0.2, 0.25) is 21.8 Å². The fourth-order valence-corrected chi connectivity index (χ4v) is 4.84. The van der Waals surface area contributed by atoms with Gasteiger partial charge in [-0.2, -0.15) is 0 Å². The molecule has 2 aromatic rings. The fraction of sp³-hybridized carbons (Fsp3) is 0.462. The molecule has 192 valence electrons. The number of nitrogens with zero attached hydrogens (tertiary/aromatic N) is 2. The van der Waals surface area contributed by atoms with Crippen LogP contribution in [0, 0.1) is 0 Å². The summed E-state index contributed by atoms with van der Waals surface area (Å²) in [5.41, 5.74) is 2.14. The molecule has 2 aromatic carbocycles. The molecule has 35 heavy (non-hydrogen) atoms. The number of anilines is 1. The monoisotopic (exact) mass is 565 g/mol. The van der Waals surface area contributed by atoms with Crippen molar-refractivity contribution in [3.05, 3.63) is 64.1 Å². The molecule has 0 spiro atoms. The van der Waals surface area contributed by atoms with Gasteiger partial charge in [0.15, 0.2) is 0 Å². The van der Waals surface area contributed by atoms with Crippen molar-refractivity contribution in [2.24, 2.45) is 0 Å². The number of carbonyl (C=O) groups is 2. The summed E-state index contributed by atoms with van der Waals surface area (Å²) in [5, 5.41) is 2.88. The molecule has 0 aliphatic heterocycles. The highest BCUT2D eigenvalue weighted by Crippen LogP contribution is 2.29. The van der Waals surface area contributed by atoms with Crippen LogP contribution < -0.4 is 9.62 Å². The van der Waals surface area contributed by atoms with Crippen molar-refractivity contribution in [1.29, 1.82) is 0 Å². The van der Waals surface area contributed by atoms with Crippen LogP contribution in [0.5, 0.6) is 0 Å². The van der Waals surface area contributed by atoms with Crippen LogP contribution in [0.2, 0.25) is 0 Å². The Bertz CT molecular complexity index is 1100. The maximum absolute atomic E-state index is 13.6. The standard InChI is InChI=1S/C26H36BrN3O4S/c1-6-7-16-28-26(32)20(4)29(17-21-12-14-22(27)15-13-21)25(31)18-30(35(5,33)34)24-11-9-8-10-23(24)19(2)3/h8-15,19-20H,6-7,16-18H2,1-5H3,(H,28,32)/t20-/m1/s1. The van der Waals surface area contributed by atoms with Crippen LogP contribution in [-0.2, 0) is 26.2 Å². The average molecular weight is 567 g/mol. The fourth-order valence-electron chi connectivity index (χ4n) is 3.70. The molecule has 0 aliphatic carbocycles. The van der Waals surface area contributed by atoms with Crippen molar-refractivity contribution in [3.8, 4) is 0 Å². The van der Waals surface area contributed by atoms with E-state index in [1.807, 2.05) is 57.2 Å². The summed E-state index contributed by atoms with van der Waals surface area (Å²) in [6.07, 6.45) is 2.87. The third-order valence-corrected chi connectivity index (χ3v) is 7.42. The number of hydrogen-bond acceptors (Lipinski definition) is 4. The van der Waals surface area contributed by atoms with Gasteiger partial charge in [-0.05, 0) is 48.6 Å². The van der Waals surface area contributed by atoms with E-state index in [4.69, 9.17) is 0 Å².